The third kappa shape index (κ3) is 1.97. The topological polar surface area (TPSA) is 97.5 Å². The number of carboxylic acids is 1. The number of nitrogens with two attached hydrogens (primary N) is 1. The molecule has 0 saturated carbocycles. The zero-order chi connectivity index (χ0) is 10.0. The highest BCUT2D eigenvalue weighted by Crippen LogP contribution is 2.12. The molecule has 0 heterocycles. The van der Waals surface area contributed by atoms with E-state index < -0.39 is 16.3 Å². The van der Waals surface area contributed by atoms with Gasteiger partial charge in [-0.15, -0.1) is 0 Å². The summed E-state index contributed by atoms with van der Waals surface area (Å²) in [5.41, 5.74) is 5.38. The van der Waals surface area contributed by atoms with Gasteiger partial charge in [0, 0.05) is 12.1 Å². The second-order valence-corrected chi connectivity index (χ2v) is 3.45. The predicted molar refractivity (Wildman–Crippen MR) is 46.5 cm³/mol. The lowest BCUT2D eigenvalue weighted by Crippen LogP contribution is -2.16. The van der Waals surface area contributed by atoms with Crippen molar-refractivity contribution in [3.8, 4) is 0 Å². The van der Waals surface area contributed by atoms with Crippen LogP contribution in [0.2, 0.25) is 0 Å². The summed E-state index contributed by atoms with van der Waals surface area (Å²) in [6.45, 7) is 0. The number of carbonyl (C=O) groups is 1. The van der Waals surface area contributed by atoms with E-state index in [1.54, 1.807) is 0 Å². The van der Waals surface area contributed by atoms with Gasteiger partial charge in [0.1, 0.15) is 0 Å². The molecule has 70 valence electrons. The smallest absolute Gasteiger partial charge is 0.337 e. The molecule has 6 heteroatoms. The van der Waals surface area contributed by atoms with Crippen LogP contribution in [0.25, 0.3) is 0 Å². The minimum absolute atomic E-state index is 0.0335. The number of aliphatic carboxylic acids is 1. The summed E-state index contributed by atoms with van der Waals surface area (Å²) >= 11 is 0. The highest BCUT2D eigenvalue weighted by Gasteiger charge is 2.15. The molecule has 0 bridgehead atoms. The van der Waals surface area contributed by atoms with Crippen LogP contribution < -0.4 is 5.73 Å². The van der Waals surface area contributed by atoms with Gasteiger partial charge in [-0.05, 0) is 12.2 Å². The average molecular weight is 201 g/mol. The van der Waals surface area contributed by atoms with Crippen molar-refractivity contribution in [2.45, 2.75) is 6.42 Å². The molecule has 0 radical (unpaired) electrons. The van der Waals surface area contributed by atoms with Gasteiger partial charge in [-0.1, -0.05) is 0 Å². The molecule has 0 aromatic heterocycles. The lowest BCUT2D eigenvalue weighted by Gasteiger charge is -2.07. The molecule has 0 aliphatic heterocycles. The van der Waals surface area contributed by atoms with E-state index in [2.05, 4.69) is 0 Å². The van der Waals surface area contributed by atoms with Crippen molar-refractivity contribution in [2.24, 2.45) is 5.73 Å². The summed E-state index contributed by atoms with van der Waals surface area (Å²) in [5, 5.41) is 8.58. The molecule has 0 fully saturated rings. The number of hydrogen-bond donors (Lipinski definition) is 2. The van der Waals surface area contributed by atoms with Crippen molar-refractivity contribution in [3.05, 3.63) is 23.4 Å². The lowest BCUT2D eigenvalue weighted by molar-refractivity contribution is -0.132. The van der Waals surface area contributed by atoms with Gasteiger partial charge in [-0.3, -0.25) is 0 Å². The van der Waals surface area contributed by atoms with E-state index in [1.807, 2.05) is 0 Å². The first-order chi connectivity index (χ1) is 6.02. The van der Waals surface area contributed by atoms with Crippen LogP contribution in [-0.4, -0.2) is 24.4 Å². The largest absolute Gasteiger partial charge is 0.478 e. The number of carboxylic acid groups (broad SMARTS) is 1. The molecule has 0 amide bonds. The van der Waals surface area contributed by atoms with E-state index in [4.69, 9.17) is 10.8 Å². The minimum atomic E-state index is -2.33. The second-order valence-electron chi connectivity index (χ2n) is 2.46. The van der Waals surface area contributed by atoms with Crippen LogP contribution in [0.1, 0.15) is 6.42 Å². The van der Waals surface area contributed by atoms with Crippen molar-refractivity contribution in [3.63, 3.8) is 0 Å². The highest BCUT2D eigenvalue weighted by molar-refractivity contribution is 7.73. The maximum absolute atomic E-state index is 10.5. The van der Waals surface area contributed by atoms with Crippen LogP contribution in [0.3, 0.4) is 0 Å². The van der Waals surface area contributed by atoms with E-state index >= 15 is 0 Å². The Bertz CT molecular complexity index is 433. The fraction of sp³-hybridized carbons (Fsp3) is 0.143. The summed E-state index contributed by atoms with van der Waals surface area (Å²) in [7, 11) is -2.33. The Labute approximate surface area is 75.7 Å². The number of allylic oxidation sites excluding steroid dienone is 2. The molecule has 0 saturated heterocycles. The van der Waals surface area contributed by atoms with Crippen molar-refractivity contribution in [1.82, 2.24) is 0 Å². The molecule has 1 aliphatic rings. The third-order valence-electron chi connectivity index (χ3n) is 1.59. The molecule has 0 unspecified atom stereocenters. The first-order valence-electron chi connectivity index (χ1n) is 3.37. The Morgan fingerprint density at radius 3 is 2.46 bits per heavy atom. The Kier molecular flexibility index (Phi) is 2.52. The zero-order valence-corrected chi connectivity index (χ0v) is 7.34. The number of hydrogen-bond acceptors (Lipinski definition) is 4. The fourth-order valence-corrected chi connectivity index (χ4v) is 1.40. The van der Waals surface area contributed by atoms with Gasteiger partial charge in [-0.25, -0.2) is 4.79 Å². The second kappa shape index (κ2) is 3.44. The molecule has 0 spiro atoms. The van der Waals surface area contributed by atoms with Crippen LogP contribution in [0, 0.1) is 0 Å². The lowest BCUT2D eigenvalue weighted by atomic mass is 10.0. The van der Waals surface area contributed by atoms with Gasteiger partial charge in [-0.2, -0.15) is 8.42 Å². The van der Waals surface area contributed by atoms with E-state index in [0.29, 0.717) is 0 Å². The van der Waals surface area contributed by atoms with Crippen molar-refractivity contribution in [2.75, 3.05) is 0 Å². The van der Waals surface area contributed by atoms with Crippen LogP contribution in [0.5, 0.6) is 0 Å². The summed E-state index contributed by atoms with van der Waals surface area (Å²) in [5.74, 6) is -1.15. The maximum atomic E-state index is 10.5. The van der Waals surface area contributed by atoms with Crippen LogP contribution in [-0.2, 0) is 15.1 Å². The van der Waals surface area contributed by atoms with E-state index in [1.165, 1.54) is 12.2 Å². The first kappa shape index (κ1) is 9.53. The van der Waals surface area contributed by atoms with Gasteiger partial charge >= 0.3 is 5.97 Å². The molecule has 3 N–H and O–H groups in total. The first-order valence-corrected chi connectivity index (χ1v) is 4.45. The normalized spacial score (nSPS) is 16.2. The number of rotatable bonds is 1. The molecule has 1 aliphatic carbocycles. The summed E-state index contributed by atoms with van der Waals surface area (Å²) in [4.78, 5) is 10.6. The van der Waals surface area contributed by atoms with Crippen molar-refractivity contribution in [1.29, 1.82) is 0 Å². The molecule has 1 rings (SSSR count). The SMILES string of the molecule is NC1=C(C(=O)O)C=CC(=S(=O)=O)C1. The Morgan fingerprint density at radius 2 is 2.08 bits per heavy atom. The molecular formula is C7H7NO4S. The van der Waals surface area contributed by atoms with Crippen LogP contribution >= 0.6 is 0 Å². The molecular weight excluding hydrogens is 194 g/mol. The van der Waals surface area contributed by atoms with Crippen molar-refractivity contribution < 1.29 is 18.3 Å². The van der Waals surface area contributed by atoms with Gasteiger partial charge < -0.3 is 10.8 Å². The summed E-state index contributed by atoms with van der Waals surface area (Å²) in [6.07, 6.45) is 2.39. The summed E-state index contributed by atoms with van der Waals surface area (Å²) in [6, 6.07) is 0. The fourth-order valence-electron chi connectivity index (χ4n) is 0.948. The van der Waals surface area contributed by atoms with Gasteiger partial charge in [0.2, 0.25) is 10.3 Å². The monoisotopic (exact) mass is 201 g/mol. The quantitative estimate of drug-likeness (QED) is 0.546. The van der Waals surface area contributed by atoms with E-state index in [9.17, 15) is 13.2 Å². The standard InChI is InChI=1S/C7H7NO4S/c8-6-3-4(13(11)12)1-2-5(6)7(9)10/h1-2H,3,8H2,(H,9,10). The van der Waals surface area contributed by atoms with Crippen LogP contribution in [0.4, 0.5) is 0 Å². The zero-order valence-electron chi connectivity index (χ0n) is 6.52. The third-order valence-corrected chi connectivity index (χ3v) is 2.30. The Balaban J connectivity index is 3.15. The van der Waals surface area contributed by atoms with Gasteiger partial charge in [0.25, 0.3) is 0 Å². The molecule has 0 aromatic rings. The van der Waals surface area contributed by atoms with E-state index in [0.717, 1.165) is 0 Å². The average Bonchev–Trinajstić information content (AvgIpc) is 2.03. The highest BCUT2D eigenvalue weighted by atomic mass is 32.2. The Hall–Kier alpha value is -1.56. The molecule has 0 atom stereocenters. The summed E-state index contributed by atoms with van der Waals surface area (Å²) < 4.78 is 20.9. The molecule has 5 nitrogen and oxygen atoms in total. The van der Waals surface area contributed by atoms with Gasteiger partial charge in [0.15, 0.2) is 0 Å². The van der Waals surface area contributed by atoms with Crippen molar-refractivity contribution >= 4 is 21.1 Å². The Morgan fingerprint density at radius 1 is 1.46 bits per heavy atom. The molecule has 13 heavy (non-hydrogen) atoms. The van der Waals surface area contributed by atoms with E-state index in [-0.39, 0.29) is 22.6 Å². The minimum Gasteiger partial charge on any atom is -0.478 e. The molecule has 0 aromatic carbocycles. The van der Waals surface area contributed by atoms with Crippen LogP contribution in [0.15, 0.2) is 23.4 Å². The van der Waals surface area contributed by atoms with Gasteiger partial charge in [0.05, 0.1) is 10.4 Å². The predicted octanol–water partition coefficient (Wildman–Crippen LogP) is -0.705. The maximum Gasteiger partial charge on any atom is 0.337 e.